The van der Waals surface area contributed by atoms with Crippen molar-refractivity contribution in [1.29, 1.82) is 0 Å². The third kappa shape index (κ3) is 3.26. The molecule has 0 saturated carbocycles. The lowest BCUT2D eigenvalue weighted by atomic mass is 9.78. The first-order valence-corrected chi connectivity index (χ1v) is 8.53. The van der Waals surface area contributed by atoms with Crippen molar-refractivity contribution in [2.75, 3.05) is 32.8 Å². The van der Waals surface area contributed by atoms with Crippen LogP contribution >= 0.6 is 0 Å². The maximum absolute atomic E-state index is 9.05. The van der Waals surface area contributed by atoms with Crippen LogP contribution in [0.2, 0.25) is 0 Å². The van der Waals surface area contributed by atoms with E-state index in [1.54, 1.807) is 14.2 Å². The Morgan fingerprint density at radius 2 is 2.13 bits per heavy atom. The van der Waals surface area contributed by atoms with Gasteiger partial charge in [0.2, 0.25) is 0 Å². The van der Waals surface area contributed by atoms with Crippen molar-refractivity contribution in [3.63, 3.8) is 0 Å². The van der Waals surface area contributed by atoms with Crippen LogP contribution in [0.1, 0.15) is 43.8 Å². The zero-order chi connectivity index (χ0) is 16.2. The molecule has 3 atom stereocenters. The Hall–Kier alpha value is -1.46. The van der Waals surface area contributed by atoms with Crippen LogP contribution in [0, 0.1) is 5.92 Å². The molecular formula is C18H27NO4. The van der Waals surface area contributed by atoms with Gasteiger partial charge in [-0.05, 0) is 38.2 Å². The van der Waals surface area contributed by atoms with Crippen LogP contribution in [-0.2, 0) is 4.74 Å². The summed E-state index contributed by atoms with van der Waals surface area (Å²) in [5.41, 5.74) is 2.18. The summed E-state index contributed by atoms with van der Waals surface area (Å²) in [6.45, 7) is 1.07. The molecule has 1 fully saturated rings. The third-order valence-electron chi connectivity index (χ3n) is 5.01. The van der Waals surface area contributed by atoms with Crippen molar-refractivity contribution in [3.05, 3.63) is 17.7 Å². The number of fused-ring (bicyclic) bond motifs is 3. The largest absolute Gasteiger partial charge is 0.497 e. The Morgan fingerprint density at radius 1 is 1.26 bits per heavy atom. The normalized spacial score (nSPS) is 26.0. The van der Waals surface area contributed by atoms with Crippen molar-refractivity contribution in [1.82, 2.24) is 0 Å². The van der Waals surface area contributed by atoms with Gasteiger partial charge in [0.25, 0.3) is 0 Å². The molecule has 5 heteroatoms. The standard InChI is InChI=1S/C18H27NO4/c1-21-12-10-14-17(16(11-12)22-2)19-15(7-3-4-8-20)13-6-5-9-23-18(13)14/h10-11,13,15,18-20H,3-9H2,1-2H3/t13-,15+,18-/m1/s1. The molecule has 2 aliphatic heterocycles. The Kier molecular flexibility index (Phi) is 5.28. The average molecular weight is 321 g/mol. The summed E-state index contributed by atoms with van der Waals surface area (Å²) in [5.74, 6) is 2.07. The number of hydrogen-bond donors (Lipinski definition) is 2. The molecule has 2 aliphatic rings. The molecule has 0 aromatic heterocycles. The number of benzene rings is 1. The van der Waals surface area contributed by atoms with Gasteiger partial charge in [-0.1, -0.05) is 0 Å². The van der Waals surface area contributed by atoms with Crippen LogP contribution in [0.4, 0.5) is 5.69 Å². The molecule has 5 nitrogen and oxygen atoms in total. The van der Waals surface area contributed by atoms with Crippen molar-refractivity contribution < 1.29 is 19.3 Å². The van der Waals surface area contributed by atoms with E-state index in [0.717, 1.165) is 55.0 Å². The van der Waals surface area contributed by atoms with Crippen LogP contribution < -0.4 is 14.8 Å². The van der Waals surface area contributed by atoms with Gasteiger partial charge in [0.05, 0.1) is 26.0 Å². The molecule has 1 saturated heterocycles. The van der Waals surface area contributed by atoms with Gasteiger partial charge in [0, 0.05) is 36.8 Å². The molecule has 2 heterocycles. The summed E-state index contributed by atoms with van der Waals surface area (Å²) >= 11 is 0. The lowest BCUT2D eigenvalue weighted by Crippen LogP contribution is -2.41. The number of nitrogens with one attached hydrogen (secondary N) is 1. The van der Waals surface area contributed by atoms with Gasteiger partial charge >= 0.3 is 0 Å². The Labute approximate surface area is 137 Å². The average Bonchev–Trinajstić information content (AvgIpc) is 2.61. The summed E-state index contributed by atoms with van der Waals surface area (Å²) < 4.78 is 17.1. The van der Waals surface area contributed by atoms with E-state index in [4.69, 9.17) is 19.3 Å². The highest BCUT2D eigenvalue weighted by Crippen LogP contribution is 2.49. The van der Waals surface area contributed by atoms with E-state index in [2.05, 4.69) is 11.4 Å². The zero-order valence-corrected chi connectivity index (χ0v) is 14.0. The zero-order valence-electron chi connectivity index (χ0n) is 14.0. The fraction of sp³-hybridized carbons (Fsp3) is 0.667. The van der Waals surface area contributed by atoms with Gasteiger partial charge < -0.3 is 24.6 Å². The Balaban J connectivity index is 1.93. The number of methoxy groups -OCH3 is 2. The molecule has 0 bridgehead atoms. The number of rotatable bonds is 6. The van der Waals surface area contributed by atoms with Crippen molar-refractivity contribution in [2.45, 2.75) is 44.2 Å². The summed E-state index contributed by atoms with van der Waals surface area (Å²) in [4.78, 5) is 0. The van der Waals surface area contributed by atoms with Gasteiger partial charge in [-0.2, -0.15) is 0 Å². The number of aliphatic hydroxyl groups is 1. The highest BCUT2D eigenvalue weighted by molar-refractivity contribution is 5.67. The number of unbranched alkanes of at least 4 members (excludes halogenated alkanes) is 1. The van der Waals surface area contributed by atoms with E-state index in [9.17, 15) is 0 Å². The van der Waals surface area contributed by atoms with E-state index < -0.39 is 0 Å². The van der Waals surface area contributed by atoms with Gasteiger partial charge in [0.1, 0.15) is 11.5 Å². The van der Waals surface area contributed by atoms with Gasteiger partial charge in [-0.3, -0.25) is 0 Å². The maximum Gasteiger partial charge on any atom is 0.146 e. The minimum atomic E-state index is 0.100. The highest BCUT2D eigenvalue weighted by Gasteiger charge is 2.40. The second-order valence-electron chi connectivity index (χ2n) is 6.36. The molecule has 0 unspecified atom stereocenters. The third-order valence-corrected chi connectivity index (χ3v) is 5.01. The second-order valence-corrected chi connectivity index (χ2v) is 6.36. The first kappa shape index (κ1) is 16.4. The van der Waals surface area contributed by atoms with E-state index in [1.165, 1.54) is 6.42 Å². The van der Waals surface area contributed by atoms with Crippen LogP contribution in [0.3, 0.4) is 0 Å². The van der Waals surface area contributed by atoms with Crippen molar-refractivity contribution in [3.8, 4) is 11.5 Å². The quantitative estimate of drug-likeness (QED) is 0.788. The summed E-state index contributed by atoms with van der Waals surface area (Å²) in [5, 5.41) is 12.7. The molecule has 1 aromatic carbocycles. The summed E-state index contributed by atoms with van der Waals surface area (Å²) in [6.07, 6.45) is 5.28. The van der Waals surface area contributed by atoms with Gasteiger partial charge in [-0.15, -0.1) is 0 Å². The predicted molar refractivity (Wildman–Crippen MR) is 89.3 cm³/mol. The van der Waals surface area contributed by atoms with Crippen LogP contribution in [-0.4, -0.2) is 38.6 Å². The minimum absolute atomic E-state index is 0.100. The fourth-order valence-corrected chi connectivity index (χ4v) is 3.86. The number of aliphatic hydroxyl groups excluding tert-OH is 1. The van der Waals surface area contributed by atoms with Gasteiger partial charge in [-0.25, -0.2) is 0 Å². The first-order valence-electron chi connectivity index (χ1n) is 8.53. The Bertz CT molecular complexity index is 534. The molecule has 2 N–H and O–H groups in total. The SMILES string of the molecule is COc1cc(OC)c2c(c1)[C@@H]1OCCC[C@@H]1[C@H](CCCCO)N2. The first-order chi connectivity index (χ1) is 11.3. The summed E-state index contributed by atoms with van der Waals surface area (Å²) in [7, 11) is 3.36. The molecule has 0 aliphatic carbocycles. The highest BCUT2D eigenvalue weighted by atomic mass is 16.5. The molecule has 0 radical (unpaired) electrons. The van der Waals surface area contributed by atoms with E-state index >= 15 is 0 Å². The molecular weight excluding hydrogens is 294 g/mol. The van der Waals surface area contributed by atoms with Crippen molar-refractivity contribution >= 4 is 5.69 Å². The smallest absolute Gasteiger partial charge is 0.146 e. The number of ether oxygens (including phenoxy) is 3. The lowest BCUT2D eigenvalue weighted by molar-refractivity contribution is -0.0389. The second kappa shape index (κ2) is 7.41. The number of hydrogen-bond acceptors (Lipinski definition) is 5. The molecule has 23 heavy (non-hydrogen) atoms. The molecule has 0 spiro atoms. The predicted octanol–water partition coefficient (Wildman–Crippen LogP) is 3.13. The lowest BCUT2D eigenvalue weighted by Gasteiger charge is -2.43. The van der Waals surface area contributed by atoms with Crippen LogP contribution in [0.15, 0.2) is 12.1 Å². The van der Waals surface area contributed by atoms with Crippen molar-refractivity contribution in [2.24, 2.45) is 5.92 Å². The maximum atomic E-state index is 9.05. The number of anilines is 1. The fourth-order valence-electron chi connectivity index (χ4n) is 3.86. The van der Waals surface area contributed by atoms with Gasteiger partial charge in [0.15, 0.2) is 0 Å². The van der Waals surface area contributed by atoms with E-state index in [-0.39, 0.29) is 12.7 Å². The molecule has 3 rings (SSSR count). The molecule has 0 amide bonds. The minimum Gasteiger partial charge on any atom is -0.497 e. The topological polar surface area (TPSA) is 60.0 Å². The van der Waals surface area contributed by atoms with E-state index in [1.807, 2.05) is 6.07 Å². The summed E-state index contributed by atoms with van der Waals surface area (Å²) in [6, 6.07) is 4.35. The Morgan fingerprint density at radius 3 is 2.87 bits per heavy atom. The monoisotopic (exact) mass is 321 g/mol. The van der Waals surface area contributed by atoms with Crippen LogP contribution in [0.25, 0.3) is 0 Å². The molecule has 128 valence electrons. The van der Waals surface area contributed by atoms with Crippen LogP contribution in [0.5, 0.6) is 11.5 Å². The molecule has 1 aromatic rings. The van der Waals surface area contributed by atoms with E-state index in [0.29, 0.717) is 12.0 Å².